The maximum Gasteiger partial charge on any atom is 0.280 e. The average Bonchev–Trinajstić information content (AvgIpc) is 3.09. The van der Waals surface area contributed by atoms with E-state index in [0.717, 1.165) is 10.2 Å². The smallest absolute Gasteiger partial charge is 0.280 e. The second-order valence-electron chi connectivity index (χ2n) is 5.21. The van der Waals surface area contributed by atoms with Gasteiger partial charge in [0.2, 0.25) is 5.78 Å². The first-order valence-electron chi connectivity index (χ1n) is 7.52. The third-order valence-corrected chi connectivity index (χ3v) is 4.70. The van der Waals surface area contributed by atoms with Gasteiger partial charge in [-0.1, -0.05) is 12.1 Å². The summed E-state index contributed by atoms with van der Waals surface area (Å²) in [5, 5.41) is 11.6. The number of nitro groups is 1. The minimum absolute atomic E-state index is 0.184. The molecule has 8 heteroatoms. The van der Waals surface area contributed by atoms with Crippen molar-refractivity contribution in [2.75, 3.05) is 14.2 Å². The maximum absolute atomic E-state index is 12.4. The zero-order valence-electron chi connectivity index (χ0n) is 14.0. The largest absolute Gasteiger partial charge is 0.493 e. The lowest BCUT2D eigenvalue weighted by molar-refractivity contribution is -0.385. The number of allylic oxidation sites excluding steroid dienone is 1. The summed E-state index contributed by atoms with van der Waals surface area (Å²) >= 11 is 1.27. The Bertz CT molecular complexity index is 993. The molecule has 0 amide bonds. The van der Waals surface area contributed by atoms with Crippen molar-refractivity contribution in [1.29, 1.82) is 0 Å². The van der Waals surface area contributed by atoms with Gasteiger partial charge in [-0.25, -0.2) is 4.98 Å². The van der Waals surface area contributed by atoms with Crippen LogP contribution in [0.15, 0.2) is 42.5 Å². The molecular weight excluding hydrogens is 356 g/mol. The first-order chi connectivity index (χ1) is 12.5. The molecule has 0 fully saturated rings. The minimum atomic E-state index is -0.538. The molecule has 2 aromatic carbocycles. The van der Waals surface area contributed by atoms with Crippen molar-refractivity contribution in [3.8, 4) is 11.5 Å². The van der Waals surface area contributed by atoms with E-state index in [-0.39, 0.29) is 22.8 Å². The van der Waals surface area contributed by atoms with Crippen LogP contribution in [0.1, 0.15) is 15.4 Å². The highest BCUT2D eigenvalue weighted by atomic mass is 32.1. The third-order valence-electron chi connectivity index (χ3n) is 3.65. The fourth-order valence-electron chi connectivity index (χ4n) is 2.39. The van der Waals surface area contributed by atoms with Gasteiger partial charge in [0, 0.05) is 0 Å². The number of methoxy groups -OCH3 is 2. The SMILES string of the molecule is COc1cc(/C=C/C(=O)c2nc3ccccc3s2)c([N+](=O)[O-])cc1OC. The van der Waals surface area contributed by atoms with E-state index >= 15 is 0 Å². The van der Waals surface area contributed by atoms with E-state index in [9.17, 15) is 14.9 Å². The normalized spacial score (nSPS) is 11.0. The van der Waals surface area contributed by atoms with Crippen LogP contribution < -0.4 is 9.47 Å². The van der Waals surface area contributed by atoms with Gasteiger partial charge in [0.05, 0.1) is 41.0 Å². The van der Waals surface area contributed by atoms with Gasteiger partial charge in [-0.15, -0.1) is 11.3 Å². The standard InChI is InChI=1S/C18H14N2O5S/c1-24-15-9-11(13(20(22)23)10-16(15)25-2)7-8-14(21)18-19-12-5-3-4-6-17(12)26-18/h3-10H,1-2H3/b8-7+. The first kappa shape index (κ1) is 17.6. The molecule has 3 aromatic rings. The average molecular weight is 370 g/mol. The summed E-state index contributed by atoms with van der Waals surface area (Å²) in [6.07, 6.45) is 2.65. The van der Waals surface area contributed by atoms with Crippen LogP contribution in [0, 0.1) is 10.1 Å². The zero-order valence-corrected chi connectivity index (χ0v) is 14.8. The fraction of sp³-hybridized carbons (Fsp3) is 0.111. The summed E-state index contributed by atoms with van der Waals surface area (Å²) in [5.41, 5.74) is 0.796. The number of ketones is 1. The molecule has 0 atom stereocenters. The molecule has 3 rings (SSSR count). The van der Waals surface area contributed by atoms with Crippen molar-refractivity contribution in [2.45, 2.75) is 0 Å². The molecule has 0 unspecified atom stereocenters. The Morgan fingerprint density at radius 3 is 2.54 bits per heavy atom. The van der Waals surface area contributed by atoms with Gasteiger partial charge in [0.15, 0.2) is 16.5 Å². The Morgan fingerprint density at radius 2 is 1.88 bits per heavy atom. The van der Waals surface area contributed by atoms with Gasteiger partial charge in [-0.05, 0) is 30.4 Å². The van der Waals surface area contributed by atoms with Crippen LogP contribution in [-0.2, 0) is 0 Å². The molecule has 132 valence electrons. The number of hydrogen-bond donors (Lipinski definition) is 0. The molecule has 1 heterocycles. The second kappa shape index (κ2) is 7.32. The number of thiazole rings is 1. The number of hydrogen-bond acceptors (Lipinski definition) is 7. The number of ether oxygens (including phenoxy) is 2. The monoisotopic (exact) mass is 370 g/mol. The topological polar surface area (TPSA) is 91.6 Å². The van der Waals surface area contributed by atoms with E-state index < -0.39 is 4.92 Å². The predicted molar refractivity (Wildman–Crippen MR) is 99.2 cm³/mol. The number of para-hydroxylation sites is 1. The summed E-state index contributed by atoms with van der Waals surface area (Å²) in [4.78, 5) is 27.4. The van der Waals surface area contributed by atoms with Gasteiger partial charge in [0.25, 0.3) is 5.69 Å². The highest BCUT2D eigenvalue weighted by Crippen LogP contribution is 2.35. The number of carbonyl (C=O) groups excluding carboxylic acids is 1. The number of rotatable bonds is 6. The quantitative estimate of drug-likeness (QED) is 0.280. The van der Waals surface area contributed by atoms with E-state index in [2.05, 4.69) is 4.98 Å². The van der Waals surface area contributed by atoms with Gasteiger partial charge < -0.3 is 9.47 Å². The summed E-state index contributed by atoms with van der Waals surface area (Å²) in [6, 6.07) is 10.1. The van der Waals surface area contributed by atoms with Crippen LogP contribution in [-0.4, -0.2) is 29.9 Å². The minimum Gasteiger partial charge on any atom is -0.493 e. The molecule has 0 saturated carbocycles. The van der Waals surface area contributed by atoms with Gasteiger partial charge >= 0.3 is 0 Å². The van der Waals surface area contributed by atoms with E-state index in [1.165, 1.54) is 49.8 Å². The lowest BCUT2D eigenvalue weighted by Gasteiger charge is -2.08. The van der Waals surface area contributed by atoms with E-state index in [1.807, 2.05) is 24.3 Å². The van der Waals surface area contributed by atoms with Crippen molar-refractivity contribution >= 4 is 39.1 Å². The summed E-state index contributed by atoms with van der Waals surface area (Å²) in [6.45, 7) is 0. The Morgan fingerprint density at radius 1 is 1.19 bits per heavy atom. The lowest BCUT2D eigenvalue weighted by atomic mass is 10.1. The van der Waals surface area contributed by atoms with Gasteiger partial charge in [-0.2, -0.15) is 0 Å². The highest BCUT2D eigenvalue weighted by Gasteiger charge is 2.18. The molecule has 1 aromatic heterocycles. The molecule has 26 heavy (non-hydrogen) atoms. The van der Waals surface area contributed by atoms with E-state index in [4.69, 9.17) is 9.47 Å². The van der Waals surface area contributed by atoms with Crippen LogP contribution in [0.25, 0.3) is 16.3 Å². The van der Waals surface area contributed by atoms with Crippen molar-refractivity contribution < 1.29 is 19.2 Å². The first-order valence-corrected chi connectivity index (χ1v) is 8.33. The number of nitrogens with zero attached hydrogens (tertiary/aromatic N) is 2. The van der Waals surface area contributed by atoms with Crippen LogP contribution in [0.3, 0.4) is 0 Å². The predicted octanol–water partition coefficient (Wildman–Crippen LogP) is 4.12. The molecule has 0 radical (unpaired) electrons. The molecular formula is C18H14N2O5S. The van der Waals surface area contributed by atoms with E-state index in [0.29, 0.717) is 10.8 Å². The van der Waals surface area contributed by atoms with E-state index in [1.54, 1.807) is 0 Å². The molecule has 0 spiro atoms. The third kappa shape index (κ3) is 3.40. The van der Waals surface area contributed by atoms with Crippen LogP contribution in [0.2, 0.25) is 0 Å². The second-order valence-corrected chi connectivity index (χ2v) is 6.24. The molecule has 0 aliphatic heterocycles. The van der Waals surface area contributed by atoms with Gasteiger partial charge in [0.1, 0.15) is 0 Å². The Labute approximate surface area is 152 Å². The Hall–Kier alpha value is -3.26. The number of benzene rings is 2. The molecule has 0 aliphatic carbocycles. The molecule has 0 saturated heterocycles. The van der Waals surface area contributed by atoms with Crippen molar-refractivity contribution in [2.24, 2.45) is 0 Å². The molecule has 0 bridgehead atoms. The van der Waals surface area contributed by atoms with Gasteiger partial charge in [-0.3, -0.25) is 14.9 Å². The lowest BCUT2D eigenvalue weighted by Crippen LogP contribution is -1.97. The van der Waals surface area contributed by atoms with Crippen LogP contribution in [0.4, 0.5) is 5.69 Å². The molecule has 0 aliphatic rings. The summed E-state index contributed by atoms with van der Waals surface area (Å²) < 4.78 is 11.2. The fourth-order valence-corrected chi connectivity index (χ4v) is 3.28. The summed E-state index contributed by atoms with van der Waals surface area (Å²) in [5.74, 6) is 0.259. The number of fused-ring (bicyclic) bond motifs is 1. The maximum atomic E-state index is 12.4. The number of aromatic nitrogens is 1. The van der Waals surface area contributed by atoms with Crippen LogP contribution in [0.5, 0.6) is 11.5 Å². The molecule has 0 N–H and O–H groups in total. The summed E-state index contributed by atoms with van der Waals surface area (Å²) in [7, 11) is 2.83. The molecule has 7 nitrogen and oxygen atoms in total. The highest BCUT2D eigenvalue weighted by molar-refractivity contribution is 7.20. The number of nitro benzene ring substituents is 1. The number of carbonyl (C=O) groups is 1. The van der Waals surface area contributed by atoms with Crippen molar-refractivity contribution in [3.05, 3.63) is 63.2 Å². The Kier molecular flexibility index (Phi) is 4.94. The van der Waals surface area contributed by atoms with Crippen molar-refractivity contribution in [3.63, 3.8) is 0 Å². The Balaban J connectivity index is 1.96. The van der Waals surface area contributed by atoms with Crippen molar-refractivity contribution in [1.82, 2.24) is 4.98 Å². The zero-order chi connectivity index (χ0) is 18.7. The van der Waals surface area contributed by atoms with Crippen LogP contribution >= 0.6 is 11.3 Å².